The molecule has 0 aliphatic rings. The molecule has 0 aliphatic heterocycles. The molecule has 2 aromatic rings. The minimum Gasteiger partial charge on any atom is -0.292 e. The number of thiophene rings is 1. The lowest BCUT2D eigenvalue weighted by molar-refractivity contribution is 0.600. The maximum absolute atomic E-state index is 11.9. The van der Waals surface area contributed by atoms with Crippen molar-refractivity contribution in [1.29, 1.82) is 0 Å². The van der Waals surface area contributed by atoms with E-state index in [1.165, 1.54) is 23.7 Å². The van der Waals surface area contributed by atoms with Crippen LogP contribution in [0.1, 0.15) is 0 Å². The maximum Gasteiger partial charge on any atom is 0.265 e. The lowest BCUT2D eigenvalue weighted by atomic mass is 10.6. The van der Waals surface area contributed by atoms with Gasteiger partial charge in [-0.1, -0.05) is 0 Å². The normalized spacial score (nSPS) is 11.1. The van der Waals surface area contributed by atoms with E-state index in [0.29, 0.717) is 5.69 Å². The summed E-state index contributed by atoms with van der Waals surface area (Å²) in [6, 6.07) is 1.67. The molecule has 0 radical (unpaired) electrons. The van der Waals surface area contributed by atoms with Gasteiger partial charge in [0.05, 0.1) is 18.1 Å². The highest BCUT2D eigenvalue weighted by Gasteiger charge is 2.15. The van der Waals surface area contributed by atoms with Crippen molar-refractivity contribution in [2.24, 2.45) is 5.84 Å². The largest absolute Gasteiger partial charge is 0.292 e. The molecule has 0 fully saturated rings. The molecule has 0 bridgehead atoms. The lowest BCUT2D eigenvalue weighted by Crippen LogP contribution is -2.15. The van der Waals surface area contributed by atoms with E-state index in [0.717, 1.165) is 0 Å². The average molecular weight is 271 g/mol. The second kappa shape index (κ2) is 4.65. The van der Waals surface area contributed by atoms with Crippen molar-refractivity contribution in [3.05, 3.63) is 29.2 Å². The van der Waals surface area contributed by atoms with Crippen LogP contribution in [0.2, 0.25) is 0 Å². The molecular weight excluding hydrogens is 262 g/mol. The molecule has 17 heavy (non-hydrogen) atoms. The fourth-order valence-electron chi connectivity index (χ4n) is 1.07. The van der Waals surface area contributed by atoms with Crippen molar-refractivity contribution >= 4 is 33.0 Å². The molecular formula is C8H9N5O2S2. The molecule has 0 aromatic carbocycles. The van der Waals surface area contributed by atoms with Gasteiger partial charge in [0.15, 0.2) is 0 Å². The third kappa shape index (κ3) is 2.70. The molecule has 0 spiro atoms. The minimum absolute atomic E-state index is 0.0253. The van der Waals surface area contributed by atoms with Crippen molar-refractivity contribution in [1.82, 2.24) is 9.97 Å². The van der Waals surface area contributed by atoms with E-state index in [1.807, 2.05) is 0 Å². The molecule has 2 aromatic heterocycles. The van der Waals surface area contributed by atoms with E-state index < -0.39 is 10.0 Å². The number of hydrogen-bond acceptors (Lipinski definition) is 7. The summed E-state index contributed by atoms with van der Waals surface area (Å²) in [5.41, 5.74) is 2.73. The van der Waals surface area contributed by atoms with Crippen LogP contribution in [0.15, 0.2) is 34.1 Å². The highest BCUT2D eigenvalue weighted by Crippen LogP contribution is 2.17. The first kappa shape index (κ1) is 11.8. The van der Waals surface area contributed by atoms with Gasteiger partial charge in [-0.2, -0.15) is 11.3 Å². The van der Waals surface area contributed by atoms with Gasteiger partial charge < -0.3 is 0 Å². The molecule has 2 rings (SSSR count). The monoisotopic (exact) mass is 271 g/mol. The predicted octanol–water partition coefficient (Wildman–Crippen LogP) is 0.624. The number of aromatic nitrogens is 2. The smallest absolute Gasteiger partial charge is 0.265 e. The van der Waals surface area contributed by atoms with Crippen LogP contribution < -0.4 is 16.0 Å². The Labute approximate surface area is 102 Å². The molecule has 0 unspecified atom stereocenters. The van der Waals surface area contributed by atoms with Gasteiger partial charge in [-0.15, -0.1) is 0 Å². The molecule has 0 saturated heterocycles. The van der Waals surface area contributed by atoms with Crippen molar-refractivity contribution in [2.75, 3.05) is 10.1 Å². The highest BCUT2D eigenvalue weighted by molar-refractivity contribution is 7.92. The molecule has 0 amide bonds. The van der Waals surface area contributed by atoms with Crippen LogP contribution in [0.3, 0.4) is 0 Å². The first-order chi connectivity index (χ1) is 8.12. The summed E-state index contributed by atoms with van der Waals surface area (Å²) in [5.74, 6) is 5.23. The molecule has 0 atom stereocenters. The van der Waals surface area contributed by atoms with Crippen LogP contribution in [-0.2, 0) is 10.0 Å². The number of nitrogens with two attached hydrogens (primary N) is 1. The summed E-state index contributed by atoms with van der Waals surface area (Å²) in [4.78, 5) is 7.43. The quantitative estimate of drug-likeness (QED) is 0.555. The number of hydrazine groups is 1. The van der Waals surface area contributed by atoms with Gasteiger partial charge in [0.2, 0.25) is 5.95 Å². The summed E-state index contributed by atoms with van der Waals surface area (Å²) in [7, 11) is -3.65. The van der Waals surface area contributed by atoms with Crippen molar-refractivity contribution in [3.63, 3.8) is 0 Å². The van der Waals surface area contributed by atoms with Crippen LogP contribution in [-0.4, -0.2) is 18.4 Å². The van der Waals surface area contributed by atoms with Gasteiger partial charge in [-0.25, -0.2) is 24.2 Å². The van der Waals surface area contributed by atoms with E-state index in [9.17, 15) is 8.42 Å². The van der Waals surface area contributed by atoms with Gasteiger partial charge in [0.1, 0.15) is 4.90 Å². The zero-order valence-electron chi connectivity index (χ0n) is 8.49. The van der Waals surface area contributed by atoms with Gasteiger partial charge in [0, 0.05) is 5.38 Å². The second-order valence-electron chi connectivity index (χ2n) is 3.00. The zero-order valence-corrected chi connectivity index (χ0v) is 10.1. The van der Waals surface area contributed by atoms with E-state index in [2.05, 4.69) is 20.1 Å². The molecule has 2 heterocycles. The summed E-state index contributed by atoms with van der Waals surface area (Å²) in [6.07, 6.45) is 2.35. The summed E-state index contributed by atoms with van der Waals surface area (Å²) in [5, 5.41) is 3.46. The Morgan fingerprint density at radius 1 is 1.29 bits per heavy atom. The van der Waals surface area contributed by atoms with Gasteiger partial charge in [-0.05, 0) is 11.4 Å². The highest BCUT2D eigenvalue weighted by atomic mass is 32.2. The number of anilines is 2. The molecule has 9 heteroatoms. The van der Waals surface area contributed by atoms with Crippen LogP contribution >= 0.6 is 11.3 Å². The Morgan fingerprint density at radius 2 is 2.00 bits per heavy atom. The number of nitrogens with zero attached hydrogens (tertiary/aromatic N) is 2. The Morgan fingerprint density at radius 3 is 2.53 bits per heavy atom. The van der Waals surface area contributed by atoms with Crippen molar-refractivity contribution in [3.8, 4) is 0 Å². The Hall–Kier alpha value is -1.71. The molecule has 4 N–H and O–H groups in total. The molecule has 7 nitrogen and oxygen atoms in total. The van der Waals surface area contributed by atoms with Gasteiger partial charge >= 0.3 is 0 Å². The predicted molar refractivity (Wildman–Crippen MR) is 65.0 cm³/mol. The van der Waals surface area contributed by atoms with Crippen LogP contribution in [0.5, 0.6) is 0 Å². The average Bonchev–Trinajstić information content (AvgIpc) is 2.81. The lowest BCUT2D eigenvalue weighted by Gasteiger charge is -2.05. The Balaban J connectivity index is 2.25. The summed E-state index contributed by atoms with van der Waals surface area (Å²) >= 11 is 1.40. The van der Waals surface area contributed by atoms with Gasteiger partial charge in [0.25, 0.3) is 10.0 Å². The fourth-order valence-corrected chi connectivity index (χ4v) is 2.67. The SMILES string of the molecule is NNc1ncc(S(=O)(=O)Nc2ccsc2)cn1. The number of sulfonamides is 1. The third-order valence-corrected chi connectivity index (χ3v) is 3.86. The standard InChI is InChI=1S/C8H9N5O2S2/c9-12-8-10-3-7(4-11-8)17(14,15)13-6-1-2-16-5-6/h1-5,13H,9H2,(H,10,11,12). The van der Waals surface area contributed by atoms with Crippen LogP contribution in [0.4, 0.5) is 11.6 Å². The third-order valence-electron chi connectivity index (χ3n) is 1.84. The summed E-state index contributed by atoms with van der Waals surface area (Å²) < 4.78 is 26.1. The van der Waals surface area contributed by atoms with Gasteiger partial charge in [-0.3, -0.25) is 10.1 Å². The van der Waals surface area contributed by atoms with Crippen LogP contribution in [0.25, 0.3) is 0 Å². The maximum atomic E-state index is 11.9. The first-order valence-electron chi connectivity index (χ1n) is 4.45. The molecule has 0 saturated carbocycles. The number of hydrogen-bond donors (Lipinski definition) is 3. The van der Waals surface area contributed by atoms with E-state index in [-0.39, 0.29) is 10.8 Å². The van der Waals surface area contributed by atoms with Crippen molar-refractivity contribution < 1.29 is 8.42 Å². The number of nitrogen functional groups attached to an aromatic ring is 1. The first-order valence-corrected chi connectivity index (χ1v) is 6.88. The fraction of sp³-hybridized carbons (Fsp3) is 0. The topological polar surface area (TPSA) is 110 Å². The van der Waals surface area contributed by atoms with E-state index in [4.69, 9.17) is 5.84 Å². The molecule has 90 valence electrons. The van der Waals surface area contributed by atoms with Crippen molar-refractivity contribution in [2.45, 2.75) is 4.90 Å². The summed E-state index contributed by atoms with van der Waals surface area (Å²) in [6.45, 7) is 0. The second-order valence-corrected chi connectivity index (χ2v) is 5.47. The number of rotatable bonds is 4. The minimum atomic E-state index is -3.65. The number of nitrogens with one attached hydrogen (secondary N) is 2. The molecule has 0 aliphatic carbocycles. The Bertz CT molecular complexity index is 579. The van der Waals surface area contributed by atoms with E-state index >= 15 is 0 Å². The van der Waals surface area contributed by atoms with E-state index in [1.54, 1.807) is 16.8 Å². The Kier molecular flexibility index (Phi) is 3.22. The van der Waals surface area contributed by atoms with Crippen LogP contribution in [0, 0.1) is 0 Å². The zero-order chi connectivity index (χ0) is 12.3.